The molecule has 0 radical (unpaired) electrons. The molecule has 2 fully saturated rings. The van der Waals surface area contributed by atoms with Gasteiger partial charge >= 0.3 is 0 Å². The highest BCUT2D eigenvalue weighted by Crippen LogP contribution is 2.37. The molecule has 2 unspecified atom stereocenters. The van der Waals surface area contributed by atoms with Crippen molar-refractivity contribution in [3.63, 3.8) is 0 Å². The maximum Gasteiger partial charge on any atom is 0.251 e. The number of nitrogens with one attached hydrogen (secondary N) is 4. The molecule has 4 aromatic heterocycles. The van der Waals surface area contributed by atoms with Gasteiger partial charge in [0.05, 0.1) is 31.4 Å². The Morgan fingerprint density at radius 1 is 0.844 bits per heavy atom. The summed E-state index contributed by atoms with van der Waals surface area (Å²) in [6.45, 7) is 4.55. The second-order valence-electron chi connectivity index (χ2n) is 19.5. The minimum Gasteiger partial charge on any atom is -0.494 e. The van der Waals surface area contributed by atoms with Gasteiger partial charge in [-0.25, -0.2) is 15.0 Å². The lowest BCUT2D eigenvalue weighted by Crippen LogP contribution is -2.55. The van der Waals surface area contributed by atoms with Crippen LogP contribution in [0, 0.1) is 5.92 Å². The summed E-state index contributed by atoms with van der Waals surface area (Å²) in [4.78, 5) is 69.1. The summed E-state index contributed by atoms with van der Waals surface area (Å²) in [5.74, 6) is 2.05. The number of benzene rings is 3. The number of rotatable bonds is 25. The van der Waals surface area contributed by atoms with Crippen molar-refractivity contribution in [3.8, 4) is 23.0 Å². The Morgan fingerprint density at radius 2 is 1.66 bits per heavy atom. The Bertz CT molecular complexity index is 3100. The summed E-state index contributed by atoms with van der Waals surface area (Å²) >= 11 is 1.39. The zero-order chi connectivity index (χ0) is 53.5. The zero-order valence-electron chi connectivity index (χ0n) is 43.8. The van der Waals surface area contributed by atoms with Crippen molar-refractivity contribution in [2.24, 2.45) is 13.0 Å². The van der Waals surface area contributed by atoms with E-state index < -0.39 is 12.1 Å². The number of carbonyl (C=O) groups is 4. The molecule has 3 amide bonds. The number of hydrogen-bond donors (Lipinski definition) is 4. The smallest absolute Gasteiger partial charge is 0.251 e. The molecule has 0 bridgehead atoms. The van der Waals surface area contributed by atoms with Crippen molar-refractivity contribution in [1.82, 2.24) is 65.6 Å². The molecule has 3 atom stereocenters. The van der Waals surface area contributed by atoms with Gasteiger partial charge in [0, 0.05) is 55.1 Å². The van der Waals surface area contributed by atoms with Crippen molar-refractivity contribution < 1.29 is 28.7 Å². The van der Waals surface area contributed by atoms with Crippen LogP contribution in [0.25, 0.3) is 11.5 Å². The number of aryl methyl sites for hydroxylation is 1. The zero-order valence-corrected chi connectivity index (χ0v) is 44.6. The van der Waals surface area contributed by atoms with E-state index in [0.717, 1.165) is 86.2 Å². The first-order valence-electron chi connectivity index (χ1n) is 26.5. The Hall–Kier alpha value is -7.91. The van der Waals surface area contributed by atoms with Gasteiger partial charge in [0.25, 0.3) is 5.91 Å². The van der Waals surface area contributed by atoms with Crippen molar-refractivity contribution in [2.75, 3.05) is 25.5 Å². The first-order valence-corrected chi connectivity index (χ1v) is 27.4. The van der Waals surface area contributed by atoms with Crippen LogP contribution in [0.4, 0.5) is 5.69 Å². The molecule has 20 nitrogen and oxygen atoms in total. The van der Waals surface area contributed by atoms with E-state index in [2.05, 4.69) is 51.7 Å². The third kappa shape index (κ3) is 14.1. The van der Waals surface area contributed by atoms with Gasteiger partial charge in [-0.05, 0) is 119 Å². The molecule has 1 saturated carbocycles. The minimum absolute atomic E-state index is 0.0623. The number of amides is 3. The van der Waals surface area contributed by atoms with E-state index >= 15 is 0 Å². The number of aromatic nitrogens is 9. The van der Waals surface area contributed by atoms with Crippen LogP contribution in [-0.2, 0) is 42.9 Å². The molecule has 1 aliphatic heterocycles. The fourth-order valence-electron chi connectivity index (χ4n) is 9.70. The SMILES string of the molecule is CNC(C)C(=O)NC(C(=O)N1CCC[C@H]1c1nc(C(=O)c2cccc(OCc3cn(CCCCCOc4cccc(CNC(=O)c5cccc(NCc6nnc(-c7ccncn7)n6C)c5)c4)nn3)c2)cs1)C1CCCCC1. The number of nitrogens with zero attached hydrogens (tertiary/aromatic N) is 10. The molecule has 9 rings (SSSR count). The number of ether oxygens (including phenoxy) is 2. The highest BCUT2D eigenvalue weighted by Gasteiger charge is 2.40. The van der Waals surface area contributed by atoms with Crippen LogP contribution in [0.1, 0.15) is 126 Å². The summed E-state index contributed by atoms with van der Waals surface area (Å²) in [6, 6.07) is 22.6. The number of likely N-dealkylation sites (N-methyl/N-ethyl adjacent to an activating group) is 1. The van der Waals surface area contributed by atoms with Gasteiger partial charge in [-0.1, -0.05) is 54.8 Å². The summed E-state index contributed by atoms with van der Waals surface area (Å²) in [5, 5.41) is 32.1. The van der Waals surface area contributed by atoms with Crippen LogP contribution >= 0.6 is 11.3 Å². The number of thiazole rings is 1. The van der Waals surface area contributed by atoms with E-state index in [0.29, 0.717) is 78.4 Å². The quantitative estimate of drug-likeness (QED) is 0.0326. The summed E-state index contributed by atoms with van der Waals surface area (Å²) < 4.78 is 15.8. The van der Waals surface area contributed by atoms with Crippen molar-refractivity contribution in [3.05, 3.63) is 142 Å². The van der Waals surface area contributed by atoms with Gasteiger partial charge in [0.2, 0.25) is 17.6 Å². The van der Waals surface area contributed by atoms with Crippen LogP contribution in [0.15, 0.2) is 103 Å². The van der Waals surface area contributed by atoms with E-state index in [1.807, 2.05) is 65.2 Å². The molecule has 2 aliphatic rings. The maximum absolute atomic E-state index is 14.2. The maximum atomic E-state index is 14.2. The standard InChI is InChI=1S/C56H66N14O6S/c1-37(57-2)53(72)63-50(39-15-6-4-7-16-39)56(74)70-26-13-22-48(70)55-62-47(35-77-55)51(71)40-17-12-21-45(30-40)76-34-43-33-69(67-64-43)25-8-5-9-27-75-44-20-10-14-38(28-44)31-60-54(73)41-18-11-19-42(29-41)59-32-49-65-66-52(68(49)3)46-23-24-58-36-61-46/h10-12,14,17-21,23-24,28-30,33,35-37,39,48,50,57,59H,4-9,13,15-16,22,25-27,31-32,34H2,1-3H3,(H,60,73)(H,63,72)/t37?,48-,50?/m0/s1. The molecule has 0 spiro atoms. The van der Waals surface area contributed by atoms with Gasteiger partial charge in [-0.15, -0.1) is 26.6 Å². The Kier molecular flexibility index (Phi) is 18.4. The average molecular weight is 1060 g/mol. The van der Waals surface area contributed by atoms with Crippen LogP contribution in [0.3, 0.4) is 0 Å². The van der Waals surface area contributed by atoms with Gasteiger partial charge in [0.1, 0.15) is 52.6 Å². The van der Waals surface area contributed by atoms with Crippen LogP contribution in [0.2, 0.25) is 0 Å². The molecule has 1 saturated heterocycles. The Morgan fingerprint density at radius 3 is 2.49 bits per heavy atom. The van der Waals surface area contributed by atoms with Gasteiger partial charge in [-0.2, -0.15) is 0 Å². The molecule has 1 aliphatic carbocycles. The second-order valence-corrected chi connectivity index (χ2v) is 20.4. The van der Waals surface area contributed by atoms with Crippen molar-refractivity contribution >= 4 is 40.5 Å². The number of likely N-dealkylation sites (tertiary alicyclic amines) is 1. The summed E-state index contributed by atoms with van der Waals surface area (Å²) in [7, 11) is 3.62. The lowest BCUT2D eigenvalue weighted by molar-refractivity contribution is -0.139. The number of unbranched alkanes of at least 4 members (excludes halogenated alkanes) is 2. The molecule has 3 aromatic carbocycles. The molecule has 4 N–H and O–H groups in total. The number of carbonyl (C=O) groups excluding carboxylic acids is 4. The third-order valence-electron chi connectivity index (χ3n) is 14.2. The van der Waals surface area contributed by atoms with E-state index in [9.17, 15) is 19.2 Å². The van der Waals surface area contributed by atoms with Crippen LogP contribution < -0.4 is 30.7 Å². The monoisotopic (exact) mass is 1060 g/mol. The van der Waals surface area contributed by atoms with E-state index in [1.165, 1.54) is 17.7 Å². The Labute approximate surface area is 451 Å². The number of anilines is 1. The van der Waals surface area contributed by atoms with Gasteiger partial charge in [0.15, 0.2) is 11.6 Å². The summed E-state index contributed by atoms with van der Waals surface area (Å²) in [6.07, 6.45) is 14.3. The molecule has 5 heterocycles. The van der Waals surface area contributed by atoms with Gasteiger partial charge < -0.3 is 40.2 Å². The fraction of sp³-hybridized carbons (Fsp3) is 0.411. The van der Waals surface area contributed by atoms with Crippen molar-refractivity contribution in [1.29, 1.82) is 0 Å². The average Bonchev–Trinajstić information content (AvgIpc) is 4.33. The third-order valence-corrected chi connectivity index (χ3v) is 15.1. The first-order chi connectivity index (χ1) is 37.6. The lowest BCUT2D eigenvalue weighted by Gasteiger charge is -2.35. The predicted molar refractivity (Wildman–Crippen MR) is 290 cm³/mol. The topological polar surface area (TPSA) is 238 Å². The van der Waals surface area contributed by atoms with E-state index in [4.69, 9.17) is 14.5 Å². The minimum atomic E-state index is -0.588. The lowest BCUT2D eigenvalue weighted by atomic mass is 9.83. The largest absolute Gasteiger partial charge is 0.494 e. The van der Waals surface area contributed by atoms with E-state index in [-0.39, 0.29) is 42.1 Å². The highest BCUT2D eigenvalue weighted by molar-refractivity contribution is 7.10. The molecule has 77 heavy (non-hydrogen) atoms. The molecule has 7 aromatic rings. The molecule has 21 heteroatoms. The highest BCUT2D eigenvalue weighted by atomic mass is 32.1. The van der Waals surface area contributed by atoms with E-state index in [1.54, 1.807) is 66.6 Å². The molecular weight excluding hydrogens is 997 g/mol. The fourth-order valence-corrected chi connectivity index (χ4v) is 10.6. The number of ketones is 1. The summed E-state index contributed by atoms with van der Waals surface area (Å²) in [5.41, 5.74) is 4.35. The van der Waals surface area contributed by atoms with Gasteiger partial charge in [-0.3, -0.25) is 23.9 Å². The predicted octanol–water partition coefficient (Wildman–Crippen LogP) is 7.26. The van der Waals surface area contributed by atoms with Crippen molar-refractivity contribution in [2.45, 2.75) is 115 Å². The molecule has 402 valence electrons. The van der Waals surface area contributed by atoms with Crippen LogP contribution in [0.5, 0.6) is 11.5 Å². The number of hydrogen-bond acceptors (Lipinski definition) is 16. The Balaban J connectivity index is 0.678. The van der Waals surface area contributed by atoms with Crippen LogP contribution in [-0.4, -0.2) is 105 Å². The second kappa shape index (κ2) is 26.2. The normalized spacial score (nSPS) is 15.4. The molecular formula is C56H66N14O6S. The first kappa shape index (κ1) is 53.9.